The quantitative estimate of drug-likeness (QED) is 0.810. The van der Waals surface area contributed by atoms with Gasteiger partial charge in [0.15, 0.2) is 5.78 Å². The minimum absolute atomic E-state index is 0.0328. The summed E-state index contributed by atoms with van der Waals surface area (Å²) in [7, 11) is 2.02. The lowest BCUT2D eigenvalue weighted by Crippen LogP contribution is -2.44. The fraction of sp³-hybridized carbons (Fsp3) is 0.462. The van der Waals surface area contributed by atoms with Gasteiger partial charge in [-0.3, -0.25) is 4.79 Å². The van der Waals surface area contributed by atoms with Crippen molar-refractivity contribution in [3.63, 3.8) is 0 Å². The van der Waals surface area contributed by atoms with Gasteiger partial charge in [-0.15, -0.1) is 0 Å². The largest absolute Gasteiger partial charge is 0.507 e. The average Bonchev–Trinajstić information content (AvgIpc) is 2.32. The molecule has 0 saturated carbocycles. The molecule has 1 fully saturated rings. The maximum Gasteiger partial charge on any atom is 0.163 e. The normalized spacial score (nSPS) is 16.9. The fourth-order valence-corrected chi connectivity index (χ4v) is 2.12. The summed E-state index contributed by atoms with van der Waals surface area (Å²) in [4.78, 5) is 15.3. The number of aromatic hydroxyl groups is 1. The van der Waals surface area contributed by atoms with Gasteiger partial charge in [-0.2, -0.15) is 0 Å². The second-order valence-corrected chi connectivity index (χ2v) is 4.67. The molecule has 1 saturated heterocycles. The van der Waals surface area contributed by atoms with Crippen LogP contribution in [0.2, 0.25) is 0 Å². The standard InChI is InChI=1S/C13H17FN2O2/c1-9(17)10-7-11(14)12(8-13(10)18)16-5-3-15(2)4-6-16/h7-8,18H,3-6H2,1-2H3. The Bertz CT molecular complexity index is 468. The number of carbonyl (C=O) groups is 1. The van der Waals surface area contributed by atoms with Gasteiger partial charge in [0.1, 0.15) is 11.6 Å². The van der Waals surface area contributed by atoms with Crippen LogP contribution in [0.3, 0.4) is 0 Å². The Labute approximate surface area is 106 Å². The van der Waals surface area contributed by atoms with Crippen molar-refractivity contribution < 1.29 is 14.3 Å². The minimum Gasteiger partial charge on any atom is -0.507 e. The van der Waals surface area contributed by atoms with Gasteiger partial charge >= 0.3 is 0 Å². The summed E-state index contributed by atoms with van der Waals surface area (Å²) < 4.78 is 14.0. The van der Waals surface area contributed by atoms with Crippen molar-refractivity contribution in [1.29, 1.82) is 0 Å². The van der Waals surface area contributed by atoms with Gasteiger partial charge in [-0.05, 0) is 20.0 Å². The van der Waals surface area contributed by atoms with E-state index < -0.39 is 5.82 Å². The molecule has 4 nitrogen and oxygen atoms in total. The molecule has 5 heteroatoms. The number of Topliss-reactive ketones (excluding diaryl/α,β-unsaturated/α-hetero) is 1. The Kier molecular flexibility index (Phi) is 3.52. The molecule has 0 aliphatic carbocycles. The molecule has 2 rings (SSSR count). The molecular weight excluding hydrogens is 235 g/mol. The van der Waals surface area contributed by atoms with Crippen molar-refractivity contribution in [2.75, 3.05) is 38.1 Å². The Morgan fingerprint density at radius 1 is 1.28 bits per heavy atom. The third-order valence-corrected chi connectivity index (χ3v) is 3.29. The number of anilines is 1. The highest BCUT2D eigenvalue weighted by molar-refractivity contribution is 5.97. The van der Waals surface area contributed by atoms with Crippen LogP contribution in [0.25, 0.3) is 0 Å². The molecular formula is C13H17FN2O2. The second kappa shape index (κ2) is 4.94. The van der Waals surface area contributed by atoms with Crippen molar-refractivity contribution in [3.8, 4) is 5.75 Å². The zero-order valence-corrected chi connectivity index (χ0v) is 10.6. The van der Waals surface area contributed by atoms with Crippen molar-refractivity contribution in [2.45, 2.75) is 6.92 Å². The van der Waals surface area contributed by atoms with Crippen molar-refractivity contribution in [1.82, 2.24) is 4.90 Å². The number of hydrogen-bond acceptors (Lipinski definition) is 4. The van der Waals surface area contributed by atoms with Crippen LogP contribution < -0.4 is 4.90 Å². The van der Waals surface area contributed by atoms with Crippen LogP contribution >= 0.6 is 0 Å². The van der Waals surface area contributed by atoms with Crippen molar-refractivity contribution >= 4 is 11.5 Å². The van der Waals surface area contributed by atoms with E-state index in [2.05, 4.69) is 4.90 Å². The molecule has 1 aliphatic heterocycles. The average molecular weight is 252 g/mol. The summed E-state index contributed by atoms with van der Waals surface area (Å²) in [6.45, 7) is 4.45. The molecule has 1 aliphatic rings. The summed E-state index contributed by atoms with van der Waals surface area (Å²) in [5, 5.41) is 9.74. The van der Waals surface area contributed by atoms with Gasteiger partial charge < -0.3 is 14.9 Å². The van der Waals surface area contributed by atoms with Gasteiger partial charge in [-0.25, -0.2) is 4.39 Å². The summed E-state index contributed by atoms with van der Waals surface area (Å²) in [5.41, 5.74) is 0.399. The van der Waals surface area contributed by atoms with Gasteiger partial charge in [0.25, 0.3) is 0 Å². The molecule has 18 heavy (non-hydrogen) atoms. The molecule has 1 aromatic rings. The number of carbonyl (C=O) groups excluding carboxylic acids is 1. The molecule has 0 bridgehead atoms. The lowest BCUT2D eigenvalue weighted by molar-refractivity contribution is 0.101. The van der Waals surface area contributed by atoms with E-state index in [0.29, 0.717) is 18.8 Å². The maximum absolute atomic E-state index is 14.0. The Morgan fingerprint density at radius 2 is 1.89 bits per heavy atom. The lowest BCUT2D eigenvalue weighted by Gasteiger charge is -2.34. The maximum atomic E-state index is 14.0. The predicted octanol–water partition coefficient (Wildman–Crippen LogP) is 1.49. The van der Waals surface area contributed by atoms with Crippen LogP contribution in [-0.4, -0.2) is 49.0 Å². The summed E-state index contributed by atoms with van der Waals surface area (Å²) in [5.74, 6) is -0.947. The van der Waals surface area contributed by atoms with E-state index in [4.69, 9.17) is 0 Å². The Morgan fingerprint density at radius 3 is 2.44 bits per heavy atom. The Hall–Kier alpha value is -1.62. The van der Waals surface area contributed by atoms with Crippen LogP contribution in [0.4, 0.5) is 10.1 Å². The van der Waals surface area contributed by atoms with Crippen LogP contribution in [0, 0.1) is 5.82 Å². The number of benzene rings is 1. The number of rotatable bonds is 2. The molecule has 1 N–H and O–H groups in total. The number of phenols is 1. The molecule has 0 aromatic heterocycles. The van der Waals surface area contributed by atoms with E-state index in [0.717, 1.165) is 19.2 Å². The zero-order valence-electron chi connectivity index (χ0n) is 10.6. The van der Waals surface area contributed by atoms with Gasteiger partial charge in [0.2, 0.25) is 0 Å². The second-order valence-electron chi connectivity index (χ2n) is 4.67. The predicted molar refractivity (Wildman–Crippen MR) is 67.8 cm³/mol. The lowest BCUT2D eigenvalue weighted by atomic mass is 10.1. The number of nitrogens with zero attached hydrogens (tertiary/aromatic N) is 2. The zero-order chi connectivity index (χ0) is 13.3. The molecule has 1 heterocycles. The van der Waals surface area contributed by atoms with Gasteiger partial charge in [0, 0.05) is 32.2 Å². The van der Waals surface area contributed by atoms with Crippen molar-refractivity contribution in [2.24, 2.45) is 0 Å². The third-order valence-electron chi connectivity index (χ3n) is 3.29. The monoisotopic (exact) mass is 252 g/mol. The topological polar surface area (TPSA) is 43.8 Å². The van der Waals surface area contributed by atoms with E-state index in [1.165, 1.54) is 13.0 Å². The highest BCUT2D eigenvalue weighted by Crippen LogP contribution is 2.29. The number of halogens is 1. The Balaban J connectivity index is 2.29. The van der Waals surface area contributed by atoms with Gasteiger partial charge in [-0.1, -0.05) is 0 Å². The summed E-state index contributed by atoms with van der Waals surface area (Å²) in [6.07, 6.45) is 0. The minimum atomic E-state index is -0.456. The molecule has 0 atom stereocenters. The van der Waals surface area contributed by atoms with Crippen LogP contribution in [0.5, 0.6) is 5.75 Å². The first-order valence-corrected chi connectivity index (χ1v) is 5.96. The number of ketones is 1. The fourth-order valence-electron chi connectivity index (χ4n) is 2.12. The highest BCUT2D eigenvalue weighted by atomic mass is 19.1. The summed E-state index contributed by atoms with van der Waals surface area (Å²) >= 11 is 0. The first kappa shape index (κ1) is 12.8. The SMILES string of the molecule is CC(=O)c1cc(F)c(N2CCN(C)CC2)cc1O. The molecule has 98 valence electrons. The van der Waals surface area contributed by atoms with E-state index in [9.17, 15) is 14.3 Å². The number of hydrogen-bond donors (Lipinski definition) is 1. The van der Waals surface area contributed by atoms with Crippen LogP contribution in [-0.2, 0) is 0 Å². The van der Waals surface area contributed by atoms with E-state index in [1.807, 2.05) is 11.9 Å². The van der Waals surface area contributed by atoms with E-state index >= 15 is 0 Å². The molecule has 1 aromatic carbocycles. The number of piperazine rings is 1. The van der Waals surface area contributed by atoms with Gasteiger partial charge in [0.05, 0.1) is 11.3 Å². The molecule has 0 amide bonds. The van der Waals surface area contributed by atoms with E-state index in [1.54, 1.807) is 0 Å². The number of likely N-dealkylation sites (N-methyl/N-ethyl adjacent to an activating group) is 1. The first-order valence-electron chi connectivity index (χ1n) is 5.96. The smallest absolute Gasteiger partial charge is 0.163 e. The first-order chi connectivity index (χ1) is 8.49. The molecule has 0 radical (unpaired) electrons. The molecule has 0 spiro atoms. The van der Waals surface area contributed by atoms with Crippen LogP contribution in [0.1, 0.15) is 17.3 Å². The summed E-state index contributed by atoms with van der Waals surface area (Å²) in [6, 6.07) is 2.46. The third kappa shape index (κ3) is 2.46. The number of phenolic OH excluding ortho intramolecular Hbond substituents is 1. The highest BCUT2D eigenvalue weighted by Gasteiger charge is 2.20. The van der Waals surface area contributed by atoms with Crippen LogP contribution in [0.15, 0.2) is 12.1 Å². The van der Waals surface area contributed by atoms with Crippen molar-refractivity contribution in [3.05, 3.63) is 23.5 Å². The molecule has 0 unspecified atom stereocenters. The van der Waals surface area contributed by atoms with E-state index in [-0.39, 0.29) is 17.1 Å².